The molecule has 216 valence electrons. The van der Waals surface area contributed by atoms with E-state index in [1.54, 1.807) is 36.0 Å². The molecule has 0 heterocycles. The molecule has 0 aliphatic rings. The predicted octanol–water partition coefficient (Wildman–Crippen LogP) is -0.456. The highest BCUT2D eigenvalue weighted by Gasteiger charge is 2.25. The average molecular weight is 574 g/mol. The van der Waals surface area contributed by atoms with E-state index in [1.165, 1.54) is 24.3 Å². The van der Waals surface area contributed by atoms with E-state index in [4.69, 9.17) is 5.73 Å². The fourth-order valence-electron chi connectivity index (χ4n) is 3.56. The highest BCUT2D eigenvalue weighted by Crippen LogP contribution is 2.11. The third-order valence-electron chi connectivity index (χ3n) is 5.76. The number of amides is 4. The van der Waals surface area contributed by atoms with Gasteiger partial charge in [0.25, 0.3) is 0 Å². The number of thioether (sulfide) groups is 1. The van der Waals surface area contributed by atoms with Crippen molar-refractivity contribution in [3.05, 3.63) is 65.7 Å². The minimum atomic E-state index is -1.26. The molecule has 0 saturated carbocycles. The smallest absolute Gasteiger partial charge is 0.326 e. The summed E-state index contributed by atoms with van der Waals surface area (Å²) in [5.41, 5.74) is 7.31. The molecule has 0 aliphatic carbocycles. The molecular weight excluding hydrogens is 538 g/mol. The van der Waals surface area contributed by atoms with Gasteiger partial charge in [-0.3, -0.25) is 19.2 Å². The Labute approximate surface area is 236 Å². The van der Waals surface area contributed by atoms with Crippen LogP contribution in [-0.2, 0) is 36.8 Å². The van der Waals surface area contributed by atoms with Crippen LogP contribution in [0.25, 0.3) is 0 Å². The monoisotopic (exact) mass is 573 g/mol. The lowest BCUT2D eigenvalue weighted by Crippen LogP contribution is -2.54. The van der Waals surface area contributed by atoms with Crippen LogP contribution in [0.5, 0.6) is 5.75 Å². The topological polar surface area (TPSA) is 200 Å². The van der Waals surface area contributed by atoms with E-state index in [0.717, 1.165) is 5.56 Å². The van der Waals surface area contributed by atoms with Gasteiger partial charge >= 0.3 is 5.97 Å². The van der Waals surface area contributed by atoms with Crippen molar-refractivity contribution in [2.75, 3.05) is 25.1 Å². The Morgan fingerprint density at radius 2 is 1.40 bits per heavy atom. The van der Waals surface area contributed by atoms with E-state index in [1.807, 2.05) is 12.3 Å². The third kappa shape index (κ3) is 11.7. The van der Waals surface area contributed by atoms with Crippen LogP contribution in [0.3, 0.4) is 0 Å². The maximum atomic E-state index is 12.9. The van der Waals surface area contributed by atoms with Crippen molar-refractivity contribution in [2.24, 2.45) is 5.73 Å². The Bertz CT molecular complexity index is 1150. The zero-order chi connectivity index (χ0) is 29.5. The zero-order valence-corrected chi connectivity index (χ0v) is 22.9. The van der Waals surface area contributed by atoms with Crippen molar-refractivity contribution in [3.8, 4) is 5.75 Å². The van der Waals surface area contributed by atoms with Crippen LogP contribution in [0.4, 0.5) is 0 Å². The summed E-state index contributed by atoms with van der Waals surface area (Å²) in [5, 5.41) is 28.5. The second-order valence-corrected chi connectivity index (χ2v) is 9.95. The van der Waals surface area contributed by atoms with Gasteiger partial charge < -0.3 is 37.2 Å². The summed E-state index contributed by atoms with van der Waals surface area (Å²) >= 11 is 1.55. The van der Waals surface area contributed by atoms with Crippen LogP contribution < -0.4 is 27.0 Å². The van der Waals surface area contributed by atoms with E-state index in [2.05, 4.69) is 21.3 Å². The van der Waals surface area contributed by atoms with Gasteiger partial charge in [0, 0.05) is 12.8 Å². The van der Waals surface area contributed by atoms with Crippen molar-refractivity contribution < 1.29 is 34.2 Å². The molecular formula is C27H35N5O7S. The number of phenols is 1. The van der Waals surface area contributed by atoms with Crippen LogP contribution in [-0.4, -0.2) is 83.0 Å². The van der Waals surface area contributed by atoms with Gasteiger partial charge in [0.15, 0.2) is 0 Å². The molecule has 2 aromatic rings. The van der Waals surface area contributed by atoms with Crippen LogP contribution in [0.2, 0.25) is 0 Å². The first-order chi connectivity index (χ1) is 19.1. The highest BCUT2D eigenvalue weighted by atomic mass is 32.2. The fourth-order valence-corrected chi connectivity index (χ4v) is 4.05. The summed E-state index contributed by atoms with van der Waals surface area (Å²) in [6.07, 6.45) is 2.48. The second kappa shape index (κ2) is 16.8. The molecule has 0 aromatic heterocycles. The first kappa shape index (κ1) is 32.1. The number of carboxylic acid groups (broad SMARTS) is 1. The van der Waals surface area contributed by atoms with Crippen LogP contribution in [0.1, 0.15) is 17.5 Å². The van der Waals surface area contributed by atoms with Crippen molar-refractivity contribution >= 4 is 41.4 Å². The fraction of sp³-hybridized carbons (Fsp3) is 0.370. The molecule has 8 N–H and O–H groups in total. The SMILES string of the molecule is CSCC[C@H](N)C(=O)N[C@@H](Cc1ccccc1)C(=O)NCC(=O)NCC(=O)N[C@@H](Cc1ccc(O)cc1)C(=O)O. The number of carbonyl (C=O) groups is 5. The largest absolute Gasteiger partial charge is 0.508 e. The minimum Gasteiger partial charge on any atom is -0.508 e. The Morgan fingerprint density at radius 3 is 2.02 bits per heavy atom. The summed E-state index contributed by atoms with van der Waals surface area (Å²) in [4.78, 5) is 61.5. The van der Waals surface area contributed by atoms with Crippen molar-refractivity contribution in [3.63, 3.8) is 0 Å². The molecule has 40 heavy (non-hydrogen) atoms. The van der Waals surface area contributed by atoms with Crippen molar-refractivity contribution in [1.82, 2.24) is 21.3 Å². The second-order valence-electron chi connectivity index (χ2n) is 8.96. The molecule has 0 bridgehead atoms. The number of phenolic OH excluding ortho intramolecular Hbond substituents is 1. The van der Waals surface area contributed by atoms with Gasteiger partial charge in [-0.25, -0.2) is 4.79 Å². The summed E-state index contributed by atoms with van der Waals surface area (Å²) < 4.78 is 0. The van der Waals surface area contributed by atoms with Gasteiger partial charge in [0.05, 0.1) is 19.1 Å². The molecule has 12 nitrogen and oxygen atoms in total. The number of carboxylic acids is 1. The number of hydrogen-bond acceptors (Lipinski definition) is 8. The standard InChI is InChI=1S/C27H35N5O7S/c1-40-12-11-20(28)25(36)32-21(13-17-5-3-2-4-6-17)26(37)30-15-23(34)29-16-24(35)31-22(27(38)39)14-18-7-9-19(33)10-8-18/h2-10,20-22,33H,11-16,28H2,1H3,(H,29,34)(H,30,37)(H,31,35)(H,32,36)(H,38,39)/t20-,21-,22-/m0/s1. The van der Waals surface area contributed by atoms with Gasteiger partial charge in [-0.2, -0.15) is 11.8 Å². The van der Waals surface area contributed by atoms with Gasteiger partial charge in [0.2, 0.25) is 23.6 Å². The minimum absolute atomic E-state index is 0.0259. The molecule has 0 radical (unpaired) electrons. The molecule has 4 amide bonds. The van der Waals surface area contributed by atoms with Gasteiger partial charge in [-0.05, 0) is 41.7 Å². The maximum absolute atomic E-state index is 12.9. The summed E-state index contributed by atoms with van der Waals surface area (Å²) in [6, 6.07) is 11.9. The molecule has 13 heteroatoms. The van der Waals surface area contributed by atoms with E-state index in [0.29, 0.717) is 17.7 Å². The molecule has 2 rings (SSSR count). The Hall–Kier alpha value is -4.10. The zero-order valence-electron chi connectivity index (χ0n) is 22.1. The number of carbonyl (C=O) groups excluding carboxylic acids is 4. The lowest BCUT2D eigenvalue weighted by Gasteiger charge is -2.21. The van der Waals surface area contributed by atoms with Crippen molar-refractivity contribution in [1.29, 1.82) is 0 Å². The molecule has 0 saturated heterocycles. The quantitative estimate of drug-likeness (QED) is 0.139. The molecule has 0 aliphatic heterocycles. The van der Waals surface area contributed by atoms with E-state index >= 15 is 0 Å². The summed E-state index contributed by atoms with van der Waals surface area (Å²) in [5.74, 6) is -3.06. The maximum Gasteiger partial charge on any atom is 0.326 e. The van der Waals surface area contributed by atoms with Crippen LogP contribution in [0, 0.1) is 0 Å². The first-order valence-corrected chi connectivity index (χ1v) is 13.9. The van der Waals surface area contributed by atoms with Crippen molar-refractivity contribution in [2.45, 2.75) is 37.4 Å². The first-order valence-electron chi connectivity index (χ1n) is 12.5. The number of nitrogens with one attached hydrogen (secondary N) is 4. The lowest BCUT2D eigenvalue weighted by atomic mass is 10.0. The predicted molar refractivity (Wildman–Crippen MR) is 150 cm³/mol. The molecule has 0 unspecified atom stereocenters. The van der Waals surface area contributed by atoms with Gasteiger partial charge in [-0.1, -0.05) is 42.5 Å². The van der Waals surface area contributed by atoms with Gasteiger partial charge in [-0.15, -0.1) is 0 Å². The molecule has 2 aromatic carbocycles. The number of hydrogen-bond donors (Lipinski definition) is 7. The molecule has 0 spiro atoms. The number of aliphatic carboxylic acids is 1. The lowest BCUT2D eigenvalue weighted by molar-refractivity contribution is -0.141. The number of rotatable bonds is 16. The molecule has 3 atom stereocenters. The number of nitrogens with two attached hydrogens (primary N) is 1. The summed E-state index contributed by atoms with van der Waals surface area (Å²) in [6.45, 7) is -0.982. The highest BCUT2D eigenvalue weighted by molar-refractivity contribution is 7.98. The van der Waals surface area contributed by atoms with E-state index in [9.17, 15) is 34.2 Å². The van der Waals surface area contributed by atoms with Crippen LogP contribution >= 0.6 is 11.8 Å². The normalized spacial score (nSPS) is 12.8. The Morgan fingerprint density at radius 1 is 0.800 bits per heavy atom. The summed E-state index contributed by atoms with van der Waals surface area (Å²) in [7, 11) is 0. The van der Waals surface area contributed by atoms with Gasteiger partial charge in [0.1, 0.15) is 17.8 Å². The average Bonchev–Trinajstić information content (AvgIpc) is 2.94. The molecule has 0 fully saturated rings. The van der Waals surface area contributed by atoms with Crippen LogP contribution in [0.15, 0.2) is 54.6 Å². The Balaban J connectivity index is 1.87. The third-order valence-corrected chi connectivity index (χ3v) is 6.41. The Kier molecular flexibility index (Phi) is 13.5. The number of benzene rings is 2. The van der Waals surface area contributed by atoms with E-state index < -0.39 is 60.8 Å². The number of aromatic hydroxyl groups is 1. The van der Waals surface area contributed by atoms with E-state index in [-0.39, 0.29) is 18.6 Å².